The fourth-order valence-corrected chi connectivity index (χ4v) is 6.60. The van der Waals surface area contributed by atoms with Crippen molar-refractivity contribution in [2.24, 2.45) is 35.5 Å². The van der Waals surface area contributed by atoms with Crippen molar-refractivity contribution in [1.82, 2.24) is 10.0 Å². The fourth-order valence-electron chi connectivity index (χ4n) is 5.94. The third-order valence-electron chi connectivity index (χ3n) is 7.53. The van der Waals surface area contributed by atoms with Crippen molar-refractivity contribution >= 4 is 40.5 Å². The molecule has 7 rings (SSSR count). The predicted octanol–water partition coefficient (Wildman–Crippen LogP) is 2.95. The molecule has 1 aliphatic heterocycles. The van der Waals surface area contributed by atoms with Crippen LogP contribution in [0.5, 0.6) is 0 Å². The number of Topliss-reactive ketones (excluding diaryl/α,β-unsaturated/α-hetero) is 1. The van der Waals surface area contributed by atoms with Crippen molar-refractivity contribution < 1.29 is 24.1 Å². The van der Waals surface area contributed by atoms with E-state index in [9.17, 15) is 29.3 Å². The van der Waals surface area contributed by atoms with Gasteiger partial charge in [0.25, 0.3) is 23.4 Å². The van der Waals surface area contributed by atoms with Crippen LogP contribution in [0.25, 0.3) is 0 Å². The van der Waals surface area contributed by atoms with Crippen LogP contribution >= 0.6 is 11.3 Å². The molecule has 172 valence electrons. The van der Waals surface area contributed by atoms with E-state index in [0.717, 1.165) is 16.4 Å². The molecule has 1 saturated heterocycles. The third-order valence-corrected chi connectivity index (χ3v) is 8.44. The number of hydrogen-bond donors (Lipinski definition) is 0. The number of nitrogens with zero attached hydrogens (tertiary/aromatic N) is 3. The molecule has 5 aliphatic rings. The zero-order chi connectivity index (χ0) is 23.7. The second-order valence-electron chi connectivity index (χ2n) is 9.21. The Hall–Kier alpha value is -3.66. The van der Waals surface area contributed by atoms with E-state index < -0.39 is 46.8 Å². The summed E-state index contributed by atoms with van der Waals surface area (Å²) in [5, 5.41) is 14.5. The topological polar surface area (TPSA) is 118 Å². The van der Waals surface area contributed by atoms with Gasteiger partial charge in [0.2, 0.25) is 0 Å². The van der Waals surface area contributed by atoms with Crippen LogP contribution in [0.2, 0.25) is 0 Å². The van der Waals surface area contributed by atoms with Gasteiger partial charge in [-0.3, -0.25) is 29.3 Å². The van der Waals surface area contributed by atoms with E-state index in [0.29, 0.717) is 16.7 Å². The van der Waals surface area contributed by atoms with Crippen molar-refractivity contribution in [1.29, 1.82) is 0 Å². The SMILES string of the molecule is O=C(CN(C(=O)c1ccc([N+](=O)[O-])cc1)N1C(=O)[C@@H]2[C@H]3C=C[C@@H]([C@@H]4C[C@H]34)[C@@H]2C1=O)c1cccs1. The summed E-state index contributed by atoms with van der Waals surface area (Å²) in [5.74, 6) is -2.31. The number of benzene rings is 1. The van der Waals surface area contributed by atoms with Crippen molar-refractivity contribution in [3.8, 4) is 0 Å². The first-order valence-electron chi connectivity index (χ1n) is 11.1. The molecule has 0 radical (unpaired) electrons. The second kappa shape index (κ2) is 7.42. The van der Waals surface area contributed by atoms with E-state index in [2.05, 4.69) is 0 Å². The quantitative estimate of drug-likeness (QED) is 0.208. The van der Waals surface area contributed by atoms with Gasteiger partial charge in [-0.15, -0.1) is 11.3 Å². The maximum atomic E-state index is 13.6. The molecule has 4 aliphatic carbocycles. The van der Waals surface area contributed by atoms with Gasteiger partial charge in [-0.05, 0) is 53.7 Å². The molecule has 0 N–H and O–H groups in total. The average Bonchev–Trinajstić information content (AvgIpc) is 3.41. The van der Waals surface area contributed by atoms with Gasteiger partial charge in [0.15, 0.2) is 5.78 Å². The van der Waals surface area contributed by atoms with E-state index in [4.69, 9.17) is 0 Å². The first-order valence-corrected chi connectivity index (χ1v) is 11.9. The Bertz CT molecular complexity index is 1230. The van der Waals surface area contributed by atoms with Crippen LogP contribution in [0.1, 0.15) is 26.5 Å². The Balaban J connectivity index is 1.36. The van der Waals surface area contributed by atoms with Gasteiger partial charge < -0.3 is 0 Å². The molecular formula is C24H19N3O6S. The largest absolute Gasteiger partial charge is 0.291 e. The molecule has 10 heteroatoms. The monoisotopic (exact) mass is 477 g/mol. The average molecular weight is 477 g/mol. The molecule has 0 spiro atoms. The number of hydrogen-bond acceptors (Lipinski definition) is 7. The Morgan fingerprint density at radius 1 is 1.03 bits per heavy atom. The lowest BCUT2D eigenvalue weighted by atomic mass is 9.63. The highest BCUT2D eigenvalue weighted by molar-refractivity contribution is 7.12. The normalized spacial score (nSPS) is 30.2. The number of imide groups is 1. The molecule has 6 atom stereocenters. The third kappa shape index (κ3) is 2.98. The maximum absolute atomic E-state index is 13.6. The molecule has 2 heterocycles. The highest BCUT2D eigenvalue weighted by Crippen LogP contribution is 2.65. The highest BCUT2D eigenvalue weighted by atomic mass is 32.1. The van der Waals surface area contributed by atoms with Gasteiger partial charge in [-0.25, -0.2) is 5.01 Å². The van der Waals surface area contributed by atoms with Crippen molar-refractivity contribution in [3.05, 3.63) is 74.5 Å². The van der Waals surface area contributed by atoms with Gasteiger partial charge in [-0.1, -0.05) is 18.2 Å². The molecule has 2 aromatic rings. The minimum atomic E-state index is -0.731. The summed E-state index contributed by atoms with van der Waals surface area (Å²) >= 11 is 1.21. The number of nitro benzene ring substituents is 1. The summed E-state index contributed by atoms with van der Waals surface area (Å²) in [5.41, 5.74) is -0.150. The Labute approximate surface area is 197 Å². The number of allylic oxidation sites excluding steroid dienone is 2. The lowest BCUT2D eigenvalue weighted by Gasteiger charge is -2.37. The van der Waals surface area contributed by atoms with Crippen LogP contribution in [0.3, 0.4) is 0 Å². The molecule has 34 heavy (non-hydrogen) atoms. The standard InChI is InChI=1S/C24H19N3O6S/c28-18(19-2-1-9-34-19)11-25(22(29)12-3-5-13(6-4-12)27(32)33)26-23(30)20-14-7-8-15(17-10-16(14)17)21(20)24(26)31/h1-9,14-17,20-21H,10-11H2/t14-,15-,16-,17+,20-,21+/m0/s1. The smallest absolute Gasteiger partial charge is 0.273 e. The summed E-state index contributed by atoms with van der Waals surface area (Å²) in [7, 11) is 0. The van der Waals surface area contributed by atoms with E-state index in [1.54, 1.807) is 17.5 Å². The summed E-state index contributed by atoms with van der Waals surface area (Å²) in [6.45, 7) is -0.483. The number of rotatable bonds is 6. The summed E-state index contributed by atoms with van der Waals surface area (Å²) in [6.07, 6.45) is 5.08. The van der Waals surface area contributed by atoms with Crippen LogP contribution in [0, 0.1) is 45.6 Å². The molecule has 1 aromatic carbocycles. The first kappa shape index (κ1) is 20.9. The van der Waals surface area contributed by atoms with Crippen LogP contribution < -0.4 is 0 Å². The number of nitro groups is 1. The van der Waals surface area contributed by atoms with Gasteiger partial charge in [0.05, 0.1) is 21.6 Å². The Morgan fingerprint density at radius 2 is 1.65 bits per heavy atom. The van der Waals surface area contributed by atoms with Gasteiger partial charge >= 0.3 is 0 Å². The van der Waals surface area contributed by atoms with E-state index in [1.807, 2.05) is 12.2 Å². The zero-order valence-corrected chi connectivity index (χ0v) is 18.6. The summed E-state index contributed by atoms with van der Waals surface area (Å²) in [6, 6.07) is 8.21. The second-order valence-corrected chi connectivity index (χ2v) is 10.2. The Morgan fingerprint density at radius 3 is 2.18 bits per heavy atom. The number of hydrazine groups is 1. The lowest BCUT2D eigenvalue weighted by molar-refractivity contribution is -0.384. The van der Waals surface area contributed by atoms with Crippen molar-refractivity contribution in [3.63, 3.8) is 0 Å². The van der Waals surface area contributed by atoms with Crippen LogP contribution in [-0.4, -0.2) is 45.0 Å². The van der Waals surface area contributed by atoms with Crippen LogP contribution in [0.15, 0.2) is 53.9 Å². The van der Waals surface area contributed by atoms with Crippen molar-refractivity contribution in [2.75, 3.05) is 6.54 Å². The minimum absolute atomic E-state index is 0.0224. The van der Waals surface area contributed by atoms with Crippen LogP contribution in [-0.2, 0) is 9.59 Å². The zero-order valence-electron chi connectivity index (χ0n) is 17.8. The van der Waals surface area contributed by atoms with E-state index in [-0.39, 0.29) is 23.1 Å². The predicted molar refractivity (Wildman–Crippen MR) is 119 cm³/mol. The minimum Gasteiger partial charge on any atom is -0.291 e. The molecule has 1 aromatic heterocycles. The molecule has 0 unspecified atom stereocenters. The van der Waals surface area contributed by atoms with E-state index >= 15 is 0 Å². The number of carbonyl (C=O) groups is 4. The van der Waals surface area contributed by atoms with Crippen molar-refractivity contribution in [2.45, 2.75) is 6.42 Å². The van der Waals surface area contributed by atoms with Gasteiger partial charge in [-0.2, -0.15) is 5.01 Å². The Kier molecular flexibility index (Phi) is 4.57. The molecule has 3 fully saturated rings. The molecule has 3 amide bonds. The van der Waals surface area contributed by atoms with Gasteiger partial charge in [0.1, 0.15) is 6.54 Å². The fraction of sp³-hybridized carbons (Fsp3) is 0.333. The first-order chi connectivity index (χ1) is 16.4. The number of carbonyl (C=O) groups excluding carboxylic acids is 4. The van der Waals surface area contributed by atoms with Crippen LogP contribution in [0.4, 0.5) is 5.69 Å². The molecule has 2 bridgehead atoms. The summed E-state index contributed by atoms with van der Waals surface area (Å²) in [4.78, 5) is 64.4. The highest BCUT2D eigenvalue weighted by Gasteiger charge is 2.68. The lowest BCUT2D eigenvalue weighted by Crippen LogP contribution is -2.52. The number of non-ortho nitro benzene ring substituents is 1. The molecular weight excluding hydrogens is 458 g/mol. The molecule has 2 saturated carbocycles. The number of amides is 3. The molecule has 9 nitrogen and oxygen atoms in total. The number of ketones is 1. The van der Waals surface area contributed by atoms with E-state index in [1.165, 1.54) is 35.6 Å². The summed E-state index contributed by atoms with van der Waals surface area (Å²) < 4.78 is 0. The van der Waals surface area contributed by atoms with Gasteiger partial charge in [0, 0.05) is 17.7 Å². The maximum Gasteiger partial charge on any atom is 0.273 e. The number of thiophene rings is 1.